The van der Waals surface area contributed by atoms with Gasteiger partial charge >= 0.3 is 0 Å². The molecule has 20 heavy (non-hydrogen) atoms. The smallest absolute Gasteiger partial charge is 0.122 e. The van der Waals surface area contributed by atoms with Crippen LogP contribution in [0.5, 0.6) is 5.75 Å². The fraction of sp³-hybridized carbons (Fsp3) is 0.647. The average molecular weight is 274 g/mol. The summed E-state index contributed by atoms with van der Waals surface area (Å²) in [4.78, 5) is 0. The van der Waals surface area contributed by atoms with E-state index in [1.165, 1.54) is 37.7 Å². The minimum atomic E-state index is 0.337. The normalized spacial score (nSPS) is 30.6. The number of hydrazine groups is 1. The molecule has 1 heterocycles. The summed E-state index contributed by atoms with van der Waals surface area (Å²) >= 11 is 0. The summed E-state index contributed by atoms with van der Waals surface area (Å²) < 4.78 is 5.86. The minimum Gasteiger partial charge on any atom is -0.493 e. The van der Waals surface area contributed by atoms with Gasteiger partial charge in [-0.15, -0.1) is 0 Å². The first-order valence-corrected chi connectivity index (χ1v) is 8.03. The van der Waals surface area contributed by atoms with Gasteiger partial charge in [0.1, 0.15) is 5.75 Å². The van der Waals surface area contributed by atoms with Gasteiger partial charge in [0.25, 0.3) is 0 Å². The lowest BCUT2D eigenvalue weighted by Gasteiger charge is -2.39. The highest BCUT2D eigenvalue weighted by Crippen LogP contribution is 2.43. The highest BCUT2D eigenvalue weighted by atomic mass is 16.5. The molecule has 0 bridgehead atoms. The third-order valence-electron chi connectivity index (χ3n) is 5.32. The first kappa shape index (κ1) is 13.9. The van der Waals surface area contributed by atoms with Crippen molar-refractivity contribution in [3.05, 3.63) is 29.8 Å². The Morgan fingerprint density at radius 3 is 2.90 bits per heavy atom. The molecule has 3 nitrogen and oxygen atoms in total. The number of benzene rings is 1. The van der Waals surface area contributed by atoms with E-state index in [1.807, 2.05) is 6.07 Å². The van der Waals surface area contributed by atoms with E-state index >= 15 is 0 Å². The van der Waals surface area contributed by atoms with Gasteiger partial charge in [-0.2, -0.15) is 0 Å². The van der Waals surface area contributed by atoms with E-state index in [9.17, 15) is 0 Å². The molecular formula is C17H26N2O. The Morgan fingerprint density at radius 1 is 1.30 bits per heavy atom. The summed E-state index contributed by atoms with van der Waals surface area (Å²) in [6.45, 7) is 3.08. The Bertz CT molecular complexity index is 448. The number of fused-ring (bicyclic) bond motifs is 1. The molecular weight excluding hydrogens is 248 g/mol. The second kappa shape index (κ2) is 6.15. The summed E-state index contributed by atoms with van der Waals surface area (Å²) in [5, 5.41) is 0. The van der Waals surface area contributed by atoms with E-state index in [4.69, 9.17) is 10.6 Å². The van der Waals surface area contributed by atoms with Crippen LogP contribution < -0.4 is 16.0 Å². The monoisotopic (exact) mass is 274 g/mol. The molecule has 110 valence electrons. The van der Waals surface area contributed by atoms with Crippen molar-refractivity contribution in [2.75, 3.05) is 6.61 Å². The molecule has 1 aromatic carbocycles. The lowest BCUT2D eigenvalue weighted by atomic mass is 9.70. The van der Waals surface area contributed by atoms with E-state index < -0.39 is 0 Å². The van der Waals surface area contributed by atoms with E-state index in [0.29, 0.717) is 17.9 Å². The molecule has 0 aromatic heterocycles. The fourth-order valence-electron chi connectivity index (χ4n) is 4.24. The van der Waals surface area contributed by atoms with Gasteiger partial charge in [0, 0.05) is 17.5 Å². The van der Waals surface area contributed by atoms with Crippen LogP contribution in [0.15, 0.2) is 24.3 Å². The van der Waals surface area contributed by atoms with E-state index in [0.717, 1.165) is 18.3 Å². The molecule has 1 aliphatic heterocycles. The van der Waals surface area contributed by atoms with Crippen molar-refractivity contribution in [2.24, 2.45) is 17.7 Å². The van der Waals surface area contributed by atoms with Gasteiger partial charge in [0.05, 0.1) is 6.61 Å². The predicted octanol–water partition coefficient (Wildman–Crippen LogP) is 3.21. The first-order chi connectivity index (χ1) is 9.85. The number of para-hydroxylation sites is 1. The molecule has 4 atom stereocenters. The quantitative estimate of drug-likeness (QED) is 0.654. The van der Waals surface area contributed by atoms with Crippen LogP contribution in [0.25, 0.3) is 0 Å². The zero-order valence-corrected chi connectivity index (χ0v) is 12.3. The summed E-state index contributed by atoms with van der Waals surface area (Å²) in [5.74, 6) is 8.87. The number of hydrogen-bond acceptors (Lipinski definition) is 3. The van der Waals surface area contributed by atoms with Crippen molar-refractivity contribution >= 4 is 0 Å². The van der Waals surface area contributed by atoms with Crippen LogP contribution in [-0.2, 0) is 0 Å². The molecule has 0 spiro atoms. The van der Waals surface area contributed by atoms with Gasteiger partial charge in [0.15, 0.2) is 0 Å². The zero-order chi connectivity index (χ0) is 13.9. The Morgan fingerprint density at radius 2 is 2.10 bits per heavy atom. The van der Waals surface area contributed by atoms with Crippen LogP contribution in [0.4, 0.5) is 0 Å². The standard InChI is InChI=1S/C17H26N2O/c1-2-12-7-3-4-8-13(12)17(19-18)15-11-20-16-10-6-5-9-14(15)16/h5-6,9-10,12-13,15,17,19H,2-4,7-8,11,18H2,1H3. The molecule has 0 radical (unpaired) electrons. The Kier molecular flexibility index (Phi) is 4.27. The highest BCUT2D eigenvalue weighted by molar-refractivity contribution is 5.40. The Hall–Kier alpha value is -1.06. The fourth-order valence-corrected chi connectivity index (χ4v) is 4.24. The predicted molar refractivity (Wildman–Crippen MR) is 81.5 cm³/mol. The van der Waals surface area contributed by atoms with Crippen LogP contribution in [0.3, 0.4) is 0 Å². The van der Waals surface area contributed by atoms with Gasteiger partial charge < -0.3 is 4.74 Å². The van der Waals surface area contributed by atoms with Crippen LogP contribution in [0.1, 0.15) is 50.5 Å². The van der Waals surface area contributed by atoms with Gasteiger partial charge in [-0.05, 0) is 24.3 Å². The third kappa shape index (κ3) is 2.45. The van der Waals surface area contributed by atoms with Gasteiger partial charge in [-0.25, -0.2) is 0 Å². The van der Waals surface area contributed by atoms with Crippen molar-refractivity contribution in [1.82, 2.24) is 5.43 Å². The largest absolute Gasteiger partial charge is 0.493 e. The molecule has 2 aliphatic rings. The maximum atomic E-state index is 5.95. The Labute approximate surface area is 121 Å². The lowest BCUT2D eigenvalue weighted by molar-refractivity contribution is 0.148. The maximum absolute atomic E-state index is 5.95. The second-order valence-corrected chi connectivity index (χ2v) is 6.26. The van der Waals surface area contributed by atoms with Crippen molar-refractivity contribution < 1.29 is 4.74 Å². The van der Waals surface area contributed by atoms with E-state index in [2.05, 4.69) is 30.5 Å². The molecule has 1 aromatic rings. The molecule has 0 amide bonds. The minimum absolute atomic E-state index is 0.337. The van der Waals surface area contributed by atoms with Crippen LogP contribution in [-0.4, -0.2) is 12.6 Å². The summed E-state index contributed by atoms with van der Waals surface area (Å²) in [6, 6.07) is 8.75. The number of ether oxygens (including phenoxy) is 1. The number of nitrogens with two attached hydrogens (primary N) is 1. The van der Waals surface area contributed by atoms with Crippen LogP contribution in [0.2, 0.25) is 0 Å². The average Bonchev–Trinajstić information content (AvgIpc) is 2.93. The highest BCUT2D eigenvalue weighted by Gasteiger charge is 2.39. The number of rotatable bonds is 4. The van der Waals surface area contributed by atoms with Crippen LogP contribution >= 0.6 is 0 Å². The maximum Gasteiger partial charge on any atom is 0.122 e. The van der Waals surface area contributed by atoms with Crippen molar-refractivity contribution in [2.45, 2.75) is 51.0 Å². The van der Waals surface area contributed by atoms with Crippen LogP contribution in [0, 0.1) is 11.8 Å². The summed E-state index contributed by atoms with van der Waals surface area (Å²) in [6.07, 6.45) is 6.64. The molecule has 1 aliphatic carbocycles. The molecule has 3 N–H and O–H groups in total. The Balaban J connectivity index is 1.83. The molecule has 3 heteroatoms. The summed E-state index contributed by atoms with van der Waals surface area (Å²) in [7, 11) is 0. The topological polar surface area (TPSA) is 47.3 Å². The van der Waals surface area contributed by atoms with Crippen molar-refractivity contribution in [3.63, 3.8) is 0 Å². The molecule has 1 fully saturated rings. The second-order valence-electron chi connectivity index (χ2n) is 6.26. The van der Waals surface area contributed by atoms with Crippen molar-refractivity contribution in [1.29, 1.82) is 0 Å². The lowest BCUT2D eigenvalue weighted by Crippen LogP contribution is -2.48. The van der Waals surface area contributed by atoms with Gasteiger partial charge in [0.2, 0.25) is 0 Å². The molecule has 4 unspecified atom stereocenters. The first-order valence-electron chi connectivity index (χ1n) is 8.03. The third-order valence-corrected chi connectivity index (χ3v) is 5.32. The number of hydrogen-bond donors (Lipinski definition) is 2. The molecule has 0 saturated heterocycles. The van der Waals surface area contributed by atoms with Crippen molar-refractivity contribution in [3.8, 4) is 5.75 Å². The summed E-state index contributed by atoms with van der Waals surface area (Å²) in [5.41, 5.74) is 4.47. The SMILES string of the molecule is CCC1CCCCC1C(NN)C1COc2ccccc21. The molecule has 1 saturated carbocycles. The van der Waals surface area contributed by atoms with E-state index in [-0.39, 0.29) is 0 Å². The van der Waals surface area contributed by atoms with Gasteiger partial charge in [-0.3, -0.25) is 11.3 Å². The van der Waals surface area contributed by atoms with Gasteiger partial charge in [-0.1, -0.05) is 50.8 Å². The zero-order valence-electron chi connectivity index (χ0n) is 12.3. The number of nitrogens with one attached hydrogen (secondary N) is 1. The molecule has 3 rings (SSSR count). The van der Waals surface area contributed by atoms with E-state index in [1.54, 1.807) is 0 Å².